The van der Waals surface area contributed by atoms with E-state index in [4.69, 9.17) is 0 Å². The molecule has 116 valence electrons. The quantitative estimate of drug-likeness (QED) is 0.864. The number of aliphatic hydroxyl groups is 1. The Morgan fingerprint density at radius 2 is 2.19 bits per heavy atom. The molecule has 0 aromatic heterocycles. The lowest BCUT2D eigenvalue weighted by molar-refractivity contribution is 0.197. The lowest BCUT2D eigenvalue weighted by atomic mass is 10.1. The Morgan fingerprint density at radius 1 is 1.48 bits per heavy atom. The van der Waals surface area contributed by atoms with Gasteiger partial charge in [0.25, 0.3) is 0 Å². The molecule has 2 atom stereocenters. The van der Waals surface area contributed by atoms with Crippen molar-refractivity contribution in [2.24, 2.45) is 0 Å². The largest absolute Gasteiger partial charge is 0.389 e. The number of amides is 2. The van der Waals surface area contributed by atoms with Gasteiger partial charge >= 0.3 is 6.03 Å². The van der Waals surface area contributed by atoms with Gasteiger partial charge < -0.3 is 15.3 Å². The molecule has 1 saturated heterocycles. The van der Waals surface area contributed by atoms with E-state index in [1.165, 1.54) is 4.90 Å². The van der Waals surface area contributed by atoms with Gasteiger partial charge in [0, 0.05) is 18.3 Å². The van der Waals surface area contributed by atoms with Crippen LogP contribution < -0.4 is 5.32 Å². The minimum absolute atomic E-state index is 0.00151. The second-order valence-corrected chi connectivity index (χ2v) is 7.62. The number of hydrogen-bond acceptors (Lipinski definition) is 4. The summed E-state index contributed by atoms with van der Waals surface area (Å²) in [6.07, 6.45) is -0.610. The summed E-state index contributed by atoms with van der Waals surface area (Å²) < 4.78 is 23.0. The average Bonchev–Trinajstić information content (AvgIpc) is 2.37. The molecular weight excluding hydrogens is 292 g/mol. The Balaban J connectivity index is 2.06. The molecule has 21 heavy (non-hydrogen) atoms. The Bertz CT molecular complexity index is 628. The average molecular weight is 312 g/mol. The van der Waals surface area contributed by atoms with Crippen LogP contribution in [-0.4, -0.2) is 48.5 Å². The first-order valence-corrected chi connectivity index (χ1v) is 8.67. The number of hydrogen-bond donors (Lipinski definition) is 2. The first-order valence-electron chi connectivity index (χ1n) is 6.84. The van der Waals surface area contributed by atoms with Gasteiger partial charge in [-0.05, 0) is 31.5 Å². The molecule has 2 unspecified atom stereocenters. The molecule has 1 aliphatic heterocycles. The zero-order chi connectivity index (χ0) is 15.6. The molecule has 2 N–H and O–H groups in total. The lowest BCUT2D eigenvalue weighted by Gasteiger charge is -2.33. The molecule has 2 amide bonds. The molecule has 2 rings (SSSR count). The van der Waals surface area contributed by atoms with Crippen LogP contribution in [0.4, 0.5) is 10.5 Å². The second kappa shape index (κ2) is 6.03. The second-order valence-electron chi connectivity index (χ2n) is 5.39. The van der Waals surface area contributed by atoms with Crippen LogP contribution in [0.5, 0.6) is 0 Å². The van der Waals surface area contributed by atoms with Gasteiger partial charge in [-0.25, -0.2) is 13.2 Å². The van der Waals surface area contributed by atoms with Crippen LogP contribution >= 0.6 is 0 Å². The molecule has 0 aliphatic carbocycles. The Hall–Kier alpha value is -1.60. The molecule has 0 bridgehead atoms. The Kier molecular flexibility index (Phi) is 4.53. The molecular formula is C14H20N2O4S. The van der Waals surface area contributed by atoms with Crippen LogP contribution in [0.3, 0.4) is 0 Å². The molecule has 7 heteroatoms. The molecule has 0 radical (unpaired) electrons. The van der Waals surface area contributed by atoms with Crippen molar-refractivity contribution in [2.75, 3.05) is 23.4 Å². The Morgan fingerprint density at radius 3 is 2.81 bits per heavy atom. The number of rotatable bonds is 2. The van der Waals surface area contributed by atoms with E-state index in [9.17, 15) is 18.3 Å². The molecule has 1 heterocycles. The van der Waals surface area contributed by atoms with Gasteiger partial charge in [-0.1, -0.05) is 12.1 Å². The topological polar surface area (TPSA) is 86.7 Å². The van der Waals surface area contributed by atoms with E-state index in [1.807, 2.05) is 0 Å². The highest BCUT2D eigenvalue weighted by Gasteiger charge is 2.31. The number of urea groups is 1. The summed E-state index contributed by atoms with van der Waals surface area (Å²) in [5.41, 5.74) is 1.29. The third kappa shape index (κ3) is 3.95. The highest BCUT2D eigenvalue weighted by atomic mass is 32.2. The van der Waals surface area contributed by atoms with Gasteiger partial charge in [0.15, 0.2) is 9.84 Å². The van der Waals surface area contributed by atoms with Crippen molar-refractivity contribution in [3.05, 3.63) is 29.8 Å². The minimum Gasteiger partial charge on any atom is -0.389 e. The maximum atomic E-state index is 12.2. The molecule has 6 nitrogen and oxygen atoms in total. The van der Waals surface area contributed by atoms with Gasteiger partial charge in [0.2, 0.25) is 0 Å². The minimum atomic E-state index is -3.04. The van der Waals surface area contributed by atoms with Crippen LogP contribution in [0, 0.1) is 0 Å². The van der Waals surface area contributed by atoms with Crippen molar-refractivity contribution in [2.45, 2.75) is 26.0 Å². The SMILES string of the molecule is CC(O)c1cccc(NC(=O)N2CCS(=O)(=O)CC2C)c1. The lowest BCUT2D eigenvalue weighted by Crippen LogP contribution is -2.51. The smallest absolute Gasteiger partial charge is 0.322 e. The van der Waals surface area contributed by atoms with Gasteiger partial charge in [-0.3, -0.25) is 0 Å². The van der Waals surface area contributed by atoms with Crippen molar-refractivity contribution in [3.63, 3.8) is 0 Å². The highest BCUT2D eigenvalue weighted by molar-refractivity contribution is 7.91. The van der Waals surface area contributed by atoms with E-state index in [-0.39, 0.29) is 30.1 Å². The fourth-order valence-corrected chi connectivity index (χ4v) is 3.93. The first-order chi connectivity index (χ1) is 9.78. The third-order valence-corrected chi connectivity index (χ3v) is 5.35. The first kappa shape index (κ1) is 15.8. The predicted molar refractivity (Wildman–Crippen MR) is 80.9 cm³/mol. The van der Waals surface area contributed by atoms with Crippen molar-refractivity contribution < 1.29 is 18.3 Å². The van der Waals surface area contributed by atoms with E-state index in [0.717, 1.165) is 0 Å². The summed E-state index contributed by atoms with van der Waals surface area (Å²) in [5, 5.41) is 12.3. The normalized spacial score (nSPS) is 22.6. The number of carbonyl (C=O) groups excluding carboxylic acids is 1. The van der Waals surface area contributed by atoms with Crippen LogP contribution in [0.25, 0.3) is 0 Å². The molecule has 1 aromatic rings. The van der Waals surface area contributed by atoms with Crippen LogP contribution in [0.1, 0.15) is 25.5 Å². The number of sulfone groups is 1. The Labute approximate surface area is 124 Å². The van der Waals surface area contributed by atoms with E-state index in [1.54, 1.807) is 38.1 Å². The molecule has 0 spiro atoms. The fraction of sp³-hybridized carbons (Fsp3) is 0.500. The van der Waals surface area contributed by atoms with Crippen LogP contribution in [0.15, 0.2) is 24.3 Å². The monoisotopic (exact) mass is 312 g/mol. The molecule has 0 saturated carbocycles. The number of aliphatic hydroxyl groups excluding tert-OH is 1. The van der Waals surface area contributed by atoms with Crippen molar-refractivity contribution >= 4 is 21.6 Å². The molecule has 1 aliphatic rings. The van der Waals surface area contributed by atoms with E-state index >= 15 is 0 Å². The summed E-state index contributed by atoms with van der Waals surface area (Å²) in [5.74, 6) is -0.00733. The molecule has 1 fully saturated rings. The number of nitrogens with one attached hydrogen (secondary N) is 1. The van der Waals surface area contributed by atoms with Crippen molar-refractivity contribution in [3.8, 4) is 0 Å². The van der Waals surface area contributed by atoms with Gasteiger partial charge in [0.05, 0.1) is 17.6 Å². The van der Waals surface area contributed by atoms with Crippen molar-refractivity contribution in [1.82, 2.24) is 4.90 Å². The van der Waals surface area contributed by atoms with E-state index in [0.29, 0.717) is 11.3 Å². The van der Waals surface area contributed by atoms with Crippen LogP contribution in [0.2, 0.25) is 0 Å². The number of anilines is 1. The number of benzene rings is 1. The van der Waals surface area contributed by atoms with Crippen molar-refractivity contribution in [1.29, 1.82) is 0 Å². The van der Waals surface area contributed by atoms with Crippen LogP contribution in [-0.2, 0) is 9.84 Å². The maximum absolute atomic E-state index is 12.2. The fourth-order valence-electron chi connectivity index (χ4n) is 2.37. The highest BCUT2D eigenvalue weighted by Crippen LogP contribution is 2.18. The summed E-state index contributed by atoms with van der Waals surface area (Å²) in [6.45, 7) is 3.58. The summed E-state index contributed by atoms with van der Waals surface area (Å²) >= 11 is 0. The summed E-state index contributed by atoms with van der Waals surface area (Å²) in [6, 6.07) is 6.30. The maximum Gasteiger partial charge on any atom is 0.322 e. The zero-order valence-electron chi connectivity index (χ0n) is 12.1. The number of nitrogens with zero attached hydrogens (tertiary/aromatic N) is 1. The predicted octanol–water partition coefficient (Wildman–Crippen LogP) is 1.39. The van der Waals surface area contributed by atoms with Gasteiger partial charge in [0.1, 0.15) is 0 Å². The number of carbonyl (C=O) groups is 1. The van der Waals surface area contributed by atoms with Gasteiger partial charge in [-0.15, -0.1) is 0 Å². The zero-order valence-corrected chi connectivity index (χ0v) is 12.9. The van der Waals surface area contributed by atoms with E-state index in [2.05, 4.69) is 5.32 Å². The summed E-state index contributed by atoms with van der Waals surface area (Å²) in [4.78, 5) is 13.8. The van der Waals surface area contributed by atoms with Gasteiger partial charge in [-0.2, -0.15) is 0 Å². The third-order valence-electron chi connectivity index (χ3n) is 3.55. The molecule has 1 aromatic carbocycles. The summed E-state index contributed by atoms with van der Waals surface area (Å²) in [7, 11) is -3.04. The van der Waals surface area contributed by atoms with E-state index < -0.39 is 15.9 Å². The standard InChI is InChI=1S/C14H20N2O4S/c1-10-9-21(19,20)7-6-16(10)14(18)15-13-5-3-4-12(8-13)11(2)17/h3-5,8,10-11,17H,6-7,9H2,1-2H3,(H,15,18).